The van der Waals surface area contributed by atoms with Crippen molar-refractivity contribution in [1.29, 1.82) is 0 Å². The van der Waals surface area contributed by atoms with Gasteiger partial charge >= 0.3 is 0 Å². The number of hydrogen-bond donors (Lipinski definition) is 0. The maximum atomic E-state index is 5.79. The summed E-state index contributed by atoms with van der Waals surface area (Å²) in [7, 11) is 0. The molecule has 140 valence electrons. The van der Waals surface area contributed by atoms with Crippen LogP contribution in [0.2, 0.25) is 0 Å². The molecule has 1 unspecified atom stereocenters. The van der Waals surface area contributed by atoms with E-state index in [-0.39, 0.29) is 12.1 Å². The lowest BCUT2D eigenvalue weighted by atomic mass is 10.1. The van der Waals surface area contributed by atoms with Crippen molar-refractivity contribution in [3.05, 3.63) is 24.2 Å². The van der Waals surface area contributed by atoms with Crippen LogP contribution in [0.4, 0.5) is 0 Å². The van der Waals surface area contributed by atoms with Gasteiger partial charge in [-0.05, 0) is 58.2 Å². The van der Waals surface area contributed by atoms with Crippen molar-refractivity contribution in [2.24, 2.45) is 0 Å². The minimum absolute atomic E-state index is 0.0360. The minimum atomic E-state index is 0.0360. The first-order valence-corrected chi connectivity index (χ1v) is 9.51. The van der Waals surface area contributed by atoms with Crippen LogP contribution in [0.5, 0.6) is 5.88 Å². The second kappa shape index (κ2) is 7.72. The molecule has 4 heterocycles. The standard InChI is InChI=1S/C19H26N4O3/c1-13(2)25-18-15(5-3-9-20-18)17-21-19(26-22-17)16-6-4-10-23(16)14-7-11-24-12-8-14/h3,5,9,13-14,16H,4,6-8,10-12H2,1-2H3. The molecule has 0 aromatic carbocycles. The van der Waals surface area contributed by atoms with E-state index in [9.17, 15) is 0 Å². The van der Waals surface area contributed by atoms with Crippen LogP contribution in [0.15, 0.2) is 22.9 Å². The molecule has 0 bridgehead atoms. The highest BCUT2D eigenvalue weighted by Crippen LogP contribution is 2.36. The molecule has 2 saturated heterocycles. The molecule has 0 aliphatic carbocycles. The fraction of sp³-hybridized carbons (Fsp3) is 0.632. The number of likely N-dealkylation sites (tertiary alicyclic amines) is 1. The van der Waals surface area contributed by atoms with E-state index < -0.39 is 0 Å². The van der Waals surface area contributed by atoms with E-state index in [4.69, 9.17) is 19.0 Å². The molecule has 4 rings (SSSR count). The van der Waals surface area contributed by atoms with Gasteiger partial charge in [0, 0.05) is 25.5 Å². The van der Waals surface area contributed by atoms with Crippen LogP contribution in [0.25, 0.3) is 11.4 Å². The lowest BCUT2D eigenvalue weighted by Gasteiger charge is -2.33. The zero-order valence-corrected chi connectivity index (χ0v) is 15.4. The summed E-state index contributed by atoms with van der Waals surface area (Å²) < 4.78 is 17.0. The number of nitrogens with zero attached hydrogens (tertiary/aromatic N) is 4. The lowest BCUT2D eigenvalue weighted by molar-refractivity contribution is 0.0243. The molecule has 1 atom stereocenters. The van der Waals surface area contributed by atoms with Gasteiger partial charge in [-0.1, -0.05) is 5.16 Å². The Hall–Kier alpha value is -1.99. The predicted octanol–water partition coefficient (Wildman–Crippen LogP) is 3.23. The molecular formula is C19H26N4O3. The van der Waals surface area contributed by atoms with Gasteiger partial charge in [-0.3, -0.25) is 4.90 Å². The van der Waals surface area contributed by atoms with Crippen LogP contribution in [-0.2, 0) is 4.74 Å². The van der Waals surface area contributed by atoms with E-state index in [1.165, 1.54) is 0 Å². The van der Waals surface area contributed by atoms with Gasteiger partial charge in [0.2, 0.25) is 17.6 Å². The molecule has 2 fully saturated rings. The third kappa shape index (κ3) is 3.59. The first-order chi connectivity index (χ1) is 12.7. The van der Waals surface area contributed by atoms with Crippen molar-refractivity contribution in [2.75, 3.05) is 19.8 Å². The van der Waals surface area contributed by atoms with E-state index >= 15 is 0 Å². The monoisotopic (exact) mass is 358 g/mol. The second-order valence-electron chi connectivity index (χ2n) is 7.22. The molecule has 0 amide bonds. The molecular weight excluding hydrogens is 332 g/mol. The molecule has 26 heavy (non-hydrogen) atoms. The van der Waals surface area contributed by atoms with E-state index in [2.05, 4.69) is 15.0 Å². The average Bonchev–Trinajstić information content (AvgIpc) is 3.32. The molecule has 7 nitrogen and oxygen atoms in total. The van der Waals surface area contributed by atoms with E-state index in [1.54, 1.807) is 6.20 Å². The largest absolute Gasteiger partial charge is 0.474 e. The van der Waals surface area contributed by atoms with E-state index in [0.29, 0.717) is 23.6 Å². The van der Waals surface area contributed by atoms with Gasteiger partial charge in [-0.15, -0.1) is 0 Å². The maximum absolute atomic E-state index is 5.79. The number of aromatic nitrogens is 3. The number of hydrogen-bond acceptors (Lipinski definition) is 7. The Morgan fingerprint density at radius 3 is 2.88 bits per heavy atom. The van der Waals surface area contributed by atoms with Gasteiger partial charge in [0.05, 0.1) is 17.7 Å². The van der Waals surface area contributed by atoms with Crippen molar-refractivity contribution in [2.45, 2.75) is 57.7 Å². The third-order valence-electron chi connectivity index (χ3n) is 5.04. The molecule has 0 N–H and O–H groups in total. The van der Waals surface area contributed by atoms with Crippen LogP contribution in [0.3, 0.4) is 0 Å². The molecule has 0 radical (unpaired) electrons. The molecule has 2 aliphatic heterocycles. The minimum Gasteiger partial charge on any atom is -0.474 e. The quantitative estimate of drug-likeness (QED) is 0.812. The molecule has 2 aliphatic rings. The molecule has 0 saturated carbocycles. The first-order valence-electron chi connectivity index (χ1n) is 9.51. The Labute approximate surface area is 153 Å². The average molecular weight is 358 g/mol. The highest BCUT2D eigenvalue weighted by molar-refractivity contribution is 5.60. The number of pyridine rings is 1. The SMILES string of the molecule is CC(C)Oc1ncccc1-c1noc(C2CCCN2C2CCOCC2)n1. The summed E-state index contributed by atoms with van der Waals surface area (Å²) in [6.45, 7) is 6.72. The predicted molar refractivity (Wildman–Crippen MR) is 95.8 cm³/mol. The van der Waals surface area contributed by atoms with Crippen LogP contribution in [0, 0.1) is 0 Å². The summed E-state index contributed by atoms with van der Waals surface area (Å²) in [5.41, 5.74) is 0.770. The van der Waals surface area contributed by atoms with Gasteiger partial charge < -0.3 is 14.0 Å². The Morgan fingerprint density at radius 1 is 1.23 bits per heavy atom. The number of ether oxygens (including phenoxy) is 2. The second-order valence-corrected chi connectivity index (χ2v) is 7.22. The summed E-state index contributed by atoms with van der Waals surface area (Å²) in [5, 5.41) is 4.22. The van der Waals surface area contributed by atoms with Crippen molar-refractivity contribution in [3.8, 4) is 17.3 Å². The summed E-state index contributed by atoms with van der Waals surface area (Å²) >= 11 is 0. The van der Waals surface area contributed by atoms with Gasteiger partial charge in [-0.2, -0.15) is 4.98 Å². The van der Waals surface area contributed by atoms with Crippen molar-refractivity contribution >= 4 is 0 Å². The molecule has 7 heteroatoms. The Balaban J connectivity index is 1.56. The highest BCUT2D eigenvalue weighted by atomic mass is 16.5. The van der Waals surface area contributed by atoms with Gasteiger partial charge in [-0.25, -0.2) is 4.98 Å². The molecule has 0 spiro atoms. The van der Waals surface area contributed by atoms with Crippen molar-refractivity contribution in [1.82, 2.24) is 20.0 Å². The molecule has 2 aromatic heterocycles. The Kier molecular flexibility index (Phi) is 5.17. The third-order valence-corrected chi connectivity index (χ3v) is 5.04. The van der Waals surface area contributed by atoms with Gasteiger partial charge in [0.25, 0.3) is 0 Å². The van der Waals surface area contributed by atoms with Gasteiger partial charge in [0.1, 0.15) is 0 Å². The topological polar surface area (TPSA) is 73.5 Å². The Morgan fingerprint density at radius 2 is 2.08 bits per heavy atom. The van der Waals surface area contributed by atoms with Crippen LogP contribution in [0.1, 0.15) is 51.5 Å². The van der Waals surface area contributed by atoms with Gasteiger partial charge in [0.15, 0.2) is 0 Å². The smallest absolute Gasteiger partial charge is 0.244 e. The zero-order chi connectivity index (χ0) is 17.9. The van der Waals surface area contributed by atoms with Crippen molar-refractivity contribution in [3.63, 3.8) is 0 Å². The summed E-state index contributed by atoms with van der Waals surface area (Å²) in [5.74, 6) is 1.79. The fourth-order valence-corrected chi connectivity index (χ4v) is 3.87. The number of rotatable bonds is 5. The first kappa shape index (κ1) is 17.4. The fourth-order valence-electron chi connectivity index (χ4n) is 3.87. The summed E-state index contributed by atoms with van der Waals surface area (Å²) in [4.78, 5) is 11.5. The van der Waals surface area contributed by atoms with Crippen LogP contribution < -0.4 is 4.74 Å². The normalized spacial score (nSPS) is 22.2. The molecule has 2 aromatic rings. The van der Waals surface area contributed by atoms with E-state index in [1.807, 2.05) is 26.0 Å². The zero-order valence-electron chi connectivity index (χ0n) is 15.4. The van der Waals surface area contributed by atoms with Crippen LogP contribution in [-0.4, -0.2) is 51.9 Å². The lowest BCUT2D eigenvalue weighted by Crippen LogP contribution is -2.39. The summed E-state index contributed by atoms with van der Waals surface area (Å²) in [6, 6.07) is 4.53. The van der Waals surface area contributed by atoms with E-state index in [0.717, 1.165) is 51.0 Å². The maximum Gasteiger partial charge on any atom is 0.244 e. The highest BCUT2D eigenvalue weighted by Gasteiger charge is 2.36. The Bertz CT molecular complexity index is 727. The van der Waals surface area contributed by atoms with Crippen molar-refractivity contribution < 1.29 is 14.0 Å². The van der Waals surface area contributed by atoms with Crippen LogP contribution >= 0.6 is 0 Å². The summed E-state index contributed by atoms with van der Waals surface area (Å²) in [6.07, 6.45) is 6.12.